The topological polar surface area (TPSA) is 95.7 Å². The Hall–Kier alpha value is -3.16. The highest BCUT2D eigenvalue weighted by Crippen LogP contribution is 2.26. The minimum absolute atomic E-state index is 0.114. The van der Waals surface area contributed by atoms with E-state index in [4.69, 9.17) is 5.10 Å². The summed E-state index contributed by atoms with van der Waals surface area (Å²) in [4.78, 5) is 21.4. The number of nitrogens with one attached hydrogen (secondary N) is 1. The van der Waals surface area contributed by atoms with Gasteiger partial charge in [-0.25, -0.2) is 14.3 Å². The van der Waals surface area contributed by atoms with Crippen molar-refractivity contribution in [3.8, 4) is 11.3 Å². The molecule has 1 aliphatic rings. The maximum Gasteiger partial charge on any atom is 0.407 e. The molecule has 1 aliphatic carbocycles. The van der Waals surface area contributed by atoms with Gasteiger partial charge in [-0.15, -0.1) is 5.10 Å². The zero-order valence-corrected chi connectivity index (χ0v) is 15.8. The van der Waals surface area contributed by atoms with E-state index in [1.807, 2.05) is 41.9 Å². The summed E-state index contributed by atoms with van der Waals surface area (Å²) >= 11 is 0. The van der Waals surface area contributed by atoms with E-state index in [0.717, 1.165) is 48.4 Å². The van der Waals surface area contributed by atoms with Crippen molar-refractivity contribution in [1.29, 1.82) is 0 Å². The molecule has 0 bridgehead atoms. The summed E-state index contributed by atoms with van der Waals surface area (Å²) in [6.07, 6.45) is 8.09. The number of nitrogens with zero attached hydrogens (tertiary/aromatic N) is 5. The molecule has 3 aromatic rings. The highest BCUT2D eigenvalue weighted by Gasteiger charge is 2.27. The van der Waals surface area contributed by atoms with Gasteiger partial charge in [-0.1, -0.05) is 0 Å². The van der Waals surface area contributed by atoms with Crippen molar-refractivity contribution < 1.29 is 9.90 Å². The summed E-state index contributed by atoms with van der Waals surface area (Å²) in [6.45, 7) is 2.43. The molecule has 0 unspecified atom stereocenters. The third-order valence-electron chi connectivity index (χ3n) is 5.41. The maximum atomic E-state index is 11.3. The molecule has 0 saturated heterocycles. The Morgan fingerprint density at radius 3 is 2.64 bits per heavy atom. The second-order valence-electron chi connectivity index (χ2n) is 7.09. The van der Waals surface area contributed by atoms with Crippen molar-refractivity contribution in [3.05, 3.63) is 42.9 Å². The number of anilines is 1. The first-order valence-corrected chi connectivity index (χ1v) is 9.67. The quantitative estimate of drug-likeness (QED) is 0.703. The standard InChI is InChI=1S/C20H24N6O2/c1-2-25(20(27)28)16-5-3-15(4-6-16)23-18-7-8-19-22-13-17(26(19)24-18)14-9-11-21-12-10-14/h7-13,15-16H,2-6H2,1H3,(H,23,24)(H,27,28). The summed E-state index contributed by atoms with van der Waals surface area (Å²) in [5.74, 6) is 0.801. The van der Waals surface area contributed by atoms with Crippen molar-refractivity contribution in [2.75, 3.05) is 11.9 Å². The molecular weight excluding hydrogens is 356 g/mol. The second-order valence-corrected chi connectivity index (χ2v) is 7.09. The van der Waals surface area contributed by atoms with Gasteiger partial charge in [0.05, 0.1) is 11.9 Å². The van der Waals surface area contributed by atoms with Crippen LogP contribution in [0, 0.1) is 0 Å². The number of fused-ring (bicyclic) bond motifs is 1. The van der Waals surface area contributed by atoms with E-state index in [-0.39, 0.29) is 6.04 Å². The highest BCUT2D eigenvalue weighted by atomic mass is 16.4. The van der Waals surface area contributed by atoms with Gasteiger partial charge in [0.2, 0.25) is 0 Å². The monoisotopic (exact) mass is 380 g/mol. The van der Waals surface area contributed by atoms with E-state index in [9.17, 15) is 9.90 Å². The SMILES string of the molecule is CCN(C(=O)O)C1CCC(Nc2ccc3ncc(-c4ccncc4)n3n2)CC1. The number of rotatable bonds is 5. The molecule has 3 heterocycles. The predicted octanol–water partition coefficient (Wildman–Crippen LogP) is 3.51. The Morgan fingerprint density at radius 2 is 1.96 bits per heavy atom. The van der Waals surface area contributed by atoms with Crippen molar-refractivity contribution in [1.82, 2.24) is 24.5 Å². The van der Waals surface area contributed by atoms with Gasteiger partial charge in [0.1, 0.15) is 5.82 Å². The van der Waals surface area contributed by atoms with Gasteiger partial charge >= 0.3 is 6.09 Å². The fraction of sp³-hybridized carbons (Fsp3) is 0.400. The van der Waals surface area contributed by atoms with Gasteiger partial charge < -0.3 is 15.3 Å². The molecule has 4 rings (SSSR count). The van der Waals surface area contributed by atoms with E-state index in [0.29, 0.717) is 12.6 Å². The first kappa shape index (κ1) is 18.2. The Bertz CT molecular complexity index is 950. The lowest BCUT2D eigenvalue weighted by Gasteiger charge is -2.35. The Balaban J connectivity index is 1.47. The van der Waals surface area contributed by atoms with Crippen LogP contribution in [0.5, 0.6) is 0 Å². The number of pyridine rings is 1. The normalized spacial score (nSPS) is 19.5. The van der Waals surface area contributed by atoms with Crippen LogP contribution in [-0.2, 0) is 0 Å². The summed E-state index contributed by atoms with van der Waals surface area (Å²) in [6, 6.07) is 8.18. The maximum absolute atomic E-state index is 11.3. The molecule has 1 amide bonds. The number of carbonyl (C=O) groups is 1. The van der Waals surface area contributed by atoms with Crippen molar-refractivity contribution in [2.45, 2.75) is 44.7 Å². The summed E-state index contributed by atoms with van der Waals surface area (Å²) in [7, 11) is 0. The molecule has 0 spiro atoms. The van der Waals surface area contributed by atoms with Crippen LogP contribution in [0.25, 0.3) is 16.9 Å². The molecule has 1 fully saturated rings. The molecule has 0 atom stereocenters. The molecule has 3 aromatic heterocycles. The largest absolute Gasteiger partial charge is 0.465 e. The minimum atomic E-state index is -0.824. The molecule has 0 aromatic carbocycles. The number of amides is 1. The molecular formula is C20H24N6O2. The molecule has 8 nitrogen and oxygen atoms in total. The van der Waals surface area contributed by atoms with E-state index >= 15 is 0 Å². The number of hydrogen-bond acceptors (Lipinski definition) is 5. The lowest BCUT2D eigenvalue weighted by molar-refractivity contribution is 0.113. The number of hydrogen-bond donors (Lipinski definition) is 2. The first-order chi connectivity index (χ1) is 13.7. The number of imidazole rings is 1. The van der Waals surface area contributed by atoms with Gasteiger partial charge in [0.25, 0.3) is 0 Å². The van der Waals surface area contributed by atoms with Crippen molar-refractivity contribution in [2.24, 2.45) is 0 Å². The van der Waals surface area contributed by atoms with Gasteiger partial charge in [-0.2, -0.15) is 0 Å². The average Bonchev–Trinajstić information content (AvgIpc) is 3.13. The first-order valence-electron chi connectivity index (χ1n) is 9.67. The smallest absolute Gasteiger partial charge is 0.407 e. The van der Waals surface area contributed by atoms with E-state index < -0.39 is 6.09 Å². The van der Waals surface area contributed by atoms with Crippen LogP contribution >= 0.6 is 0 Å². The minimum Gasteiger partial charge on any atom is -0.465 e. The zero-order valence-electron chi connectivity index (χ0n) is 15.8. The molecule has 146 valence electrons. The Morgan fingerprint density at radius 1 is 1.21 bits per heavy atom. The number of carboxylic acid groups (broad SMARTS) is 1. The third-order valence-corrected chi connectivity index (χ3v) is 5.41. The van der Waals surface area contributed by atoms with Crippen LogP contribution in [0.1, 0.15) is 32.6 Å². The lowest BCUT2D eigenvalue weighted by Crippen LogP contribution is -2.43. The van der Waals surface area contributed by atoms with Gasteiger partial charge in [0.15, 0.2) is 5.65 Å². The number of aromatic nitrogens is 4. The van der Waals surface area contributed by atoms with Crippen LogP contribution in [0.3, 0.4) is 0 Å². The fourth-order valence-corrected chi connectivity index (χ4v) is 3.96. The van der Waals surface area contributed by atoms with Crippen molar-refractivity contribution >= 4 is 17.6 Å². The molecule has 0 aliphatic heterocycles. The van der Waals surface area contributed by atoms with Crippen LogP contribution in [0.15, 0.2) is 42.9 Å². The Kier molecular flexibility index (Phi) is 5.10. The predicted molar refractivity (Wildman–Crippen MR) is 106 cm³/mol. The second kappa shape index (κ2) is 7.84. The molecule has 28 heavy (non-hydrogen) atoms. The molecule has 8 heteroatoms. The molecule has 2 N–H and O–H groups in total. The van der Waals surface area contributed by atoms with E-state index in [2.05, 4.69) is 15.3 Å². The highest BCUT2D eigenvalue weighted by molar-refractivity contribution is 5.65. The third kappa shape index (κ3) is 3.62. The molecule has 0 radical (unpaired) electrons. The van der Waals surface area contributed by atoms with Crippen LogP contribution in [-0.4, -0.2) is 54.3 Å². The Labute approximate surface area is 163 Å². The average molecular weight is 380 g/mol. The van der Waals surface area contributed by atoms with Gasteiger partial charge in [0, 0.05) is 36.6 Å². The van der Waals surface area contributed by atoms with Crippen molar-refractivity contribution in [3.63, 3.8) is 0 Å². The molecule has 1 saturated carbocycles. The van der Waals surface area contributed by atoms with Crippen LogP contribution < -0.4 is 5.32 Å². The van der Waals surface area contributed by atoms with Crippen LogP contribution in [0.4, 0.5) is 10.6 Å². The summed E-state index contributed by atoms with van der Waals surface area (Å²) < 4.78 is 1.84. The van der Waals surface area contributed by atoms with Gasteiger partial charge in [-0.3, -0.25) is 4.98 Å². The van der Waals surface area contributed by atoms with Crippen LogP contribution in [0.2, 0.25) is 0 Å². The zero-order chi connectivity index (χ0) is 19.5. The van der Waals surface area contributed by atoms with E-state index in [1.54, 1.807) is 17.3 Å². The van der Waals surface area contributed by atoms with Gasteiger partial charge in [-0.05, 0) is 56.9 Å². The van der Waals surface area contributed by atoms with E-state index in [1.165, 1.54) is 0 Å². The fourth-order valence-electron chi connectivity index (χ4n) is 3.96. The summed E-state index contributed by atoms with van der Waals surface area (Å²) in [5, 5.41) is 17.5. The summed E-state index contributed by atoms with van der Waals surface area (Å²) in [5.41, 5.74) is 2.73. The lowest BCUT2D eigenvalue weighted by atomic mass is 9.90.